The maximum absolute atomic E-state index is 13.3. The van der Waals surface area contributed by atoms with E-state index in [0.29, 0.717) is 44.3 Å². The van der Waals surface area contributed by atoms with Gasteiger partial charge in [0.15, 0.2) is 0 Å². The molecule has 3 aromatic carbocycles. The summed E-state index contributed by atoms with van der Waals surface area (Å²) in [6.45, 7) is 1.02. The van der Waals surface area contributed by atoms with E-state index in [-0.39, 0.29) is 18.0 Å². The fourth-order valence-corrected chi connectivity index (χ4v) is 5.28. The maximum atomic E-state index is 13.3. The number of carbonyl (C=O) groups excluding carboxylic acids is 1. The lowest BCUT2D eigenvalue weighted by molar-refractivity contribution is -0.135. The van der Waals surface area contributed by atoms with Gasteiger partial charge in [0.1, 0.15) is 0 Å². The van der Waals surface area contributed by atoms with Crippen LogP contribution < -0.4 is 5.56 Å². The molecular weight excluding hydrogens is 486 g/mol. The van der Waals surface area contributed by atoms with Gasteiger partial charge in [-0.2, -0.15) is 5.26 Å². The average Bonchev–Trinajstić information content (AvgIpc) is 2.98. The highest BCUT2D eigenvalue weighted by Gasteiger charge is 2.34. The summed E-state index contributed by atoms with van der Waals surface area (Å²) >= 11 is 0. The second kappa shape index (κ2) is 11.5. The van der Waals surface area contributed by atoms with E-state index in [4.69, 9.17) is 0 Å². The van der Waals surface area contributed by atoms with E-state index in [0.717, 1.165) is 27.8 Å². The molecule has 0 unspecified atom stereocenters. The summed E-state index contributed by atoms with van der Waals surface area (Å²) in [5.41, 5.74) is 3.43. The smallest absolute Gasteiger partial charge is 0.251 e. The predicted molar refractivity (Wildman–Crippen MR) is 152 cm³/mol. The first-order valence-corrected chi connectivity index (χ1v) is 13.3. The third-order valence-corrected chi connectivity index (χ3v) is 7.53. The second-order valence-electron chi connectivity index (χ2n) is 10.2. The average molecular weight is 518 g/mol. The van der Waals surface area contributed by atoms with E-state index in [9.17, 15) is 20.0 Å². The number of aromatic nitrogens is 1. The van der Waals surface area contributed by atoms with Crippen LogP contribution in [-0.2, 0) is 17.8 Å². The van der Waals surface area contributed by atoms with Crippen molar-refractivity contribution in [1.29, 1.82) is 5.26 Å². The van der Waals surface area contributed by atoms with Crippen LogP contribution in [0.5, 0.6) is 0 Å². The third-order valence-electron chi connectivity index (χ3n) is 7.53. The van der Waals surface area contributed by atoms with Gasteiger partial charge in [0.05, 0.1) is 23.8 Å². The molecule has 0 saturated carbocycles. The van der Waals surface area contributed by atoms with E-state index in [1.54, 1.807) is 22.9 Å². The maximum Gasteiger partial charge on any atom is 0.251 e. The van der Waals surface area contributed by atoms with Crippen LogP contribution in [0.2, 0.25) is 0 Å². The SMILES string of the molecule is N#Cc1ccccc1-c1cn(CC2(O)CCN(C(=O)CCc3ccccc3)CC2)c(=O)cc1-c1ccccc1. The molecule has 39 heavy (non-hydrogen) atoms. The summed E-state index contributed by atoms with van der Waals surface area (Å²) in [5.74, 6) is 0.0840. The Bertz CT molecular complexity index is 1550. The topological polar surface area (TPSA) is 86.3 Å². The van der Waals surface area contributed by atoms with Crippen LogP contribution in [0, 0.1) is 11.3 Å². The van der Waals surface area contributed by atoms with Crippen LogP contribution in [-0.4, -0.2) is 39.2 Å². The molecule has 1 amide bonds. The third kappa shape index (κ3) is 6.00. The van der Waals surface area contributed by atoms with Gasteiger partial charge in [0.25, 0.3) is 5.56 Å². The van der Waals surface area contributed by atoms with E-state index < -0.39 is 5.60 Å². The van der Waals surface area contributed by atoms with Gasteiger partial charge >= 0.3 is 0 Å². The molecule has 6 heteroatoms. The fourth-order valence-electron chi connectivity index (χ4n) is 5.28. The van der Waals surface area contributed by atoms with E-state index in [1.807, 2.05) is 83.8 Å². The molecule has 1 N–H and O–H groups in total. The summed E-state index contributed by atoms with van der Waals surface area (Å²) < 4.78 is 1.54. The Hall–Kier alpha value is -4.47. The van der Waals surface area contributed by atoms with Crippen molar-refractivity contribution in [3.8, 4) is 28.3 Å². The number of aliphatic hydroxyl groups is 1. The second-order valence-corrected chi connectivity index (χ2v) is 10.2. The number of nitrogens with zero attached hydrogens (tertiary/aromatic N) is 3. The quantitative estimate of drug-likeness (QED) is 0.372. The molecule has 1 aliphatic rings. The van der Waals surface area contributed by atoms with Crippen LogP contribution in [0.3, 0.4) is 0 Å². The molecular formula is C33H31N3O3. The zero-order valence-electron chi connectivity index (χ0n) is 21.8. The summed E-state index contributed by atoms with van der Waals surface area (Å²) in [6.07, 6.45) is 3.67. The number of nitriles is 1. The number of rotatable bonds is 7. The molecule has 1 aromatic heterocycles. The normalized spacial score (nSPS) is 14.5. The van der Waals surface area contributed by atoms with Gasteiger partial charge in [-0.25, -0.2) is 0 Å². The van der Waals surface area contributed by atoms with Crippen molar-refractivity contribution < 1.29 is 9.90 Å². The van der Waals surface area contributed by atoms with Gasteiger partial charge in [-0.05, 0) is 42.0 Å². The van der Waals surface area contributed by atoms with Crippen LogP contribution in [0.25, 0.3) is 22.3 Å². The lowest BCUT2D eigenvalue weighted by atomic mass is 9.90. The Morgan fingerprint density at radius 2 is 1.51 bits per heavy atom. The van der Waals surface area contributed by atoms with Crippen molar-refractivity contribution in [3.63, 3.8) is 0 Å². The number of likely N-dealkylation sites (tertiary alicyclic amines) is 1. The number of hydrogen-bond acceptors (Lipinski definition) is 4. The minimum Gasteiger partial charge on any atom is -0.388 e. The number of benzene rings is 3. The zero-order valence-corrected chi connectivity index (χ0v) is 21.8. The van der Waals surface area contributed by atoms with Gasteiger partial charge in [0.2, 0.25) is 5.91 Å². The molecule has 1 fully saturated rings. The first-order valence-electron chi connectivity index (χ1n) is 13.3. The summed E-state index contributed by atoms with van der Waals surface area (Å²) in [5, 5.41) is 21.2. The number of piperidine rings is 1. The molecule has 4 aromatic rings. The molecule has 0 bridgehead atoms. The van der Waals surface area contributed by atoms with Gasteiger partial charge in [-0.3, -0.25) is 9.59 Å². The minimum atomic E-state index is -1.11. The lowest BCUT2D eigenvalue weighted by Crippen LogP contribution is -2.49. The van der Waals surface area contributed by atoms with Gasteiger partial charge in [0, 0.05) is 42.9 Å². The highest BCUT2D eigenvalue weighted by Crippen LogP contribution is 2.33. The van der Waals surface area contributed by atoms with Crippen molar-refractivity contribution in [2.24, 2.45) is 0 Å². The van der Waals surface area contributed by atoms with Crippen molar-refractivity contribution in [2.45, 2.75) is 37.8 Å². The fraction of sp³-hybridized carbons (Fsp3) is 0.242. The summed E-state index contributed by atoms with van der Waals surface area (Å²) in [7, 11) is 0. The first kappa shape index (κ1) is 26.1. The Labute approximate surface area is 228 Å². The summed E-state index contributed by atoms with van der Waals surface area (Å²) in [6, 6.07) is 30.7. The van der Waals surface area contributed by atoms with Crippen molar-refractivity contribution in [3.05, 3.63) is 119 Å². The summed E-state index contributed by atoms with van der Waals surface area (Å²) in [4.78, 5) is 27.9. The lowest BCUT2D eigenvalue weighted by Gasteiger charge is -2.38. The highest BCUT2D eigenvalue weighted by molar-refractivity contribution is 5.85. The Morgan fingerprint density at radius 1 is 0.872 bits per heavy atom. The van der Waals surface area contributed by atoms with Gasteiger partial charge in [-0.15, -0.1) is 0 Å². The molecule has 0 radical (unpaired) electrons. The minimum absolute atomic E-state index is 0.0840. The van der Waals surface area contributed by atoms with Gasteiger partial charge in [-0.1, -0.05) is 78.9 Å². The van der Waals surface area contributed by atoms with Crippen molar-refractivity contribution in [2.75, 3.05) is 13.1 Å². The highest BCUT2D eigenvalue weighted by atomic mass is 16.3. The Kier molecular flexibility index (Phi) is 7.72. The molecule has 0 spiro atoms. The van der Waals surface area contributed by atoms with E-state index in [2.05, 4.69) is 6.07 Å². The zero-order chi connectivity index (χ0) is 27.2. The number of amides is 1. The molecule has 5 rings (SSSR count). The van der Waals surface area contributed by atoms with Crippen LogP contribution in [0.15, 0.2) is 102 Å². The monoisotopic (exact) mass is 517 g/mol. The molecule has 0 atom stereocenters. The van der Waals surface area contributed by atoms with Crippen LogP contribution in [0.4, 0.5) is 0 Å². The van der Waals surface area contributed by atoms with Crippen molar-refractivity contribution in [1.82, 2.24) is 9.47 Å². The first-order chi connectivity index (χ1) is 19.0. The molecule has 0 aliphatic carbocycles. The van der Waals surface area contributed by atoms with Crippen LogP contribution >= 0.6 is 0 Å². The number of aryl methyl sites for hydroxylation is 1. The number of carbonyl (C=O) groups is 1. The number of pyridine rings is 1. The largest absolute Gasteiger partial charge is 0.388 e. The van der Waals surface area contributed by atoms with E-state index in [1.165, 1.54) is 0 Å². The predicted octanol–water partition coefficient (Wildman–Crippen LogP) is 5.04. The van der Waals surface area contributed by atoms with Crippen molar-refractivity contribution >= 4 is 5.91 Å². The molecule has 6 nitrogen and oxygen atoms in total. The Morgan fingerprint density at radius 3 is 2.21 bits per heavy atom. The number of hydrogen-bond donors (Lipinski definition) is 1. The molecule has 2 heterocycles. The molecule has 1 saturated heterocycles. The van der Waals surface area contributed by atoms with Gasteiger partial charge < -0.3 is 14.6 Å². The molecule has 196 valence electrons. The van der Waals surface area contributed by atoms with Crippen LogP contribution in [0.1, 0.15) is 30.4 Å². The Balaban J connectivity index is 1.36. The molecule has 1 aliphatic heterocycles. The standard InChI is InChI=1S/C33H31N3O3/c34-22-27-13-7-8-14-28(27)30-23-36(32(38)21-29(30)26-11-5-2-6-12-26)24-33(39)17-19-35(20-18-33)31(37)16-15-25-9-3-1-4-10-25/h1-14,21,23,39H,15-20,24H2. The van der Waals surface area contributed by atoms with E-state index >= 15 is 0 Å².